The summed E-state index contributed by atoms with van der Waals surface area (Å²) in [5.41, 5.74) is 5.13. The van der Waals surface area contributed by atoms with Crippen molar-refractivity contribution in [1.29, 1.82) is 1.43 Å². The molecular weight excluding hydrogens is 625 g/mol. The second kappa shape index (κ2) is 33.4. The Morgan fingerprint density at radius 2 is 0.941 bits per heavy atom. The van der Waals surface area contributed by atoms with Gasteiger partial charge in [-0.1, -0.05) is 176 Å². The molecule has 4 heteroatoms. The second-order valence-corrected chi connectivity index (χ2v) is 14.8. The first-order valence-electron chi connectivity index (χ1n) is 20.7. The molecule has 0 spiro atoms. The van der Waals surface area contributed by atoms with Crippen LogP contribution in [0.4, 0.5) is 11.4 Å². The Balaban J connectivity index is 0. The molecule has 0 fully saturated rings. The molecular formula is C47H86N2O2. The van der Waals surface area contributed by atoms with Crippen molar-refractivity contribution in [3.05, 3.63) is 72.5 Å². The number of nitrogens with one attached hydrogen (secondary N) is 2. The normalized spacial score (nSPS) is 13.8. The maximum atomic E-state index is 6.05. The van der Waals surface area contributed by atoms with Crippen LogP contribution in [0.3, 0.4) is 0 Å². The molecule has 0 aliphatic rings. The second-order valence-electron chi connectivity index (χ2n) is 14.8. The van der Waals surface area contributed by atoms with Crippen LogP contribution in [-0.4, -0.2) is 31.3 Å². The Morgan fingerprint density at radius 3 is 1.25 bits per heavy atom. The molecule has 4 unspecified atom stereocenters. The Labute approximate surface area is 320 Å². The molecule has 0 bridgehead atoms. The van der Waals surface area contributed by atoms with Gasteiger partial charge in [-0.05, 0) is 80.8 Å². The fourth-order valence-corrected chi connectivity index (χ4v) is 6.85. The number of ether oxygens (including phenoxy) is 1. The lowest BCUT2D eigenvalue weighted by Crippen LogP contribution is -2.43. The van der Waals surface area contributed by atoms with E-state index in [1.54, 1.807) is 13.2 Å². The molecule has 0 aliphatic heterocycles. The summed E-state index contributed by atoms with van der Waals surface area (Å²) in [6.07, 6.45) is 25.9. The molecule has 2 rings (SSSR count). The van der Waals surface area contributed by atoms with Gasteiger partial charge < -0.3 is 20.5 Å². The summed E-state index contributed by atoms with van der Waals surface area (Å²) in [5, 5.41) is 11.2. The van der Waals surface area contributed by atoms with E-state index in [1.165, 1.54) is 114 Å². The number of unbranched alkanes of at least 4 members (excludes halogenated alkanes) is 12. The number of anilines is 2. The standard InChI is InChI=1S/C43H72N2O.C2H6O.2CH4/c1-8-11-13-15-17-19-21-23-35(4)33-39-25-29-41(30-26-39)44-37(6)43(46-10-3)38(7)45-42-31-27-40(28-32-42)34-36(5)24-22-20-18-16-14-12-9-2;1-2-3;;/h10,25-32,35-38,43-45H,3,8-9,11-24,33-34H2,1-2,4-7H3;3H,2H2,1H3;2*1H4/i;3D;;. The van der Waals surface area contributed by atoms with Gasteiger partial charge >= 0.3 is 0 Å². The maximum absolute atomic E-state index is 6.05. The third kappa shape index (κ3) is 25.2. The van der Waals surface area contributed by atoms with Gasteiger partial charge in [0.1, 0.15) is 6.10 Å². The van der Waals surface area contributed by atoms with Crippen molar-refractivity contribution in [3.63, 3.8) is 0 Å². The quantitative estimate of drug-likeness (QED) is 0.0581. The van der Waals surface area contributed by atoms with Crippen molar-refractivity contribution >= 4 is 11.4 Å². The van der Waals surface area contributed by atoms with Crippen LogP contribution in [0.2, 0.25) is 0 Å². The summed E-state index contributed by atoms with van der Waals surface area (Å²) in [7, 11) is 0. The topological polar surface area (TPSA) is 53.5 Å². The van der Waals surface area contributed by atoms with Gasteiger partial charge in [0, 0.05) is 18.0 Å². The van der Waals surface area contributed by atoms with Crippen molar-refractivity contribution < 1.29 is 9.85 Å². The van der Waals surface area contributed by atoms with E-state index in [-0.39, 0.29) is 33.0 Å². The first kappa shape index (κ1) is 48.5. The average Bonchev–Trinajstić information content (AvgIpc) is 3.11. The number of aliphatic hydroxyl groups is 1. The van der Waals surface area contributed by atoms with Crippen LogP contribution in [0.1, 0.15) is 177 Å². The first-order chi connectivity index (χ1) is 24.3. The SMILES string of the molecule is C.C.C=COC(C(C)Nc1ccc(CC(C)CCCCCCCCC)cc1)C(C)Nc1ccc(CC(C)CCCCCCCCC)cc1.[2H]OCC. The van der Waals surface area contributed by atoms with Crippen molar-refractivity contribution in [2.24, 2.45) is 11.8 Å². The molecule has 4 atom stereocenters. The van der Waals surface area contributed by atoms with E-state index in [0.717, 1.165) is 36.1 Å². The molecule has 3 N–H and O–H groups in total. The fourth-order valence-electron chi connectivity index (χ4n) is 6.85. The smallest absolute Gasteiger partial charge is 0.210 e. The molecule has 2 aromatic rings. The lowest BCUT2D eigenvalue weighted by atomic mass is 9.95. The van der Waals surface area contributed by atoms with E-state index in [4.69, 9.17) is 6.17 Å². The van der Waals surface area contributed by atoms with E-state index < -0.39 is 0 Å². The van der Waals surface area contributed by atoms with Crippen molar-refractivity contribution in [2.75, 3.05) is 17.2 Å². The summed E-state index contributed by atoms with van der Waals surface area (Å²) in [4.78, 5) is 0. The minimum absolute atomic E-state index is 0. The largest absolute Gasteiger partial charge is 0.494 e. The number of hydrogen-bond donors (Lipinski definition) is 3. The zero-order valence-corrected chi connectivity index (χ0v) is 33.0. The number of aliphatic hydroxyl groups excluding tert-OH is 1. The van der Waals surface area contributed by atoms with Crippen LogP contribution >= 0.6 is 0 Å². The Morgan fingerprint density at radius 1 is 0.608 bits per heavy atom. The molecule has 2 aromatic carbocycles. The molecule has 0 heterocycles. The number of benzene rings is 2. The fraction of sp³-hybridized carbons (Fsp3) is 0.702. The zero-order chi connectivity index (χ0) is 36.8. The third-order valence-electron chi connectivity index (χ3n) is 9.70. The first-order valence-corrected chi connectivity index (χ1v) is 20.3. The summed E-state index contributed by atoms with van der Waals surface area (Å²) in [6, 6.07) is 18.3. The lowest BCUT2D eigenvalue weighted by Gasteiger charge is -2.31. The maximum Gasteiger partial charge on any atom is 0.210 e. The molecule has 0 aromatic heterocycles. The van der Waals surface area contributed by atoms with Gasteiger partial charge in [0.25, 0.3) is 0 Å². The highest BCUT2D eigenvalue weighted by Gasteiger charge is 2.25. The van der Waals surface area contributed by atoms with Crippen molar-refractivity contribution in [3.8, 4) is 0 Å². The Bertz CT molecular complexity index is 965. The van der Waals surface area contributed by atoms with Crippen LogP contribution in [0.15, 0.2) is 61.4 Å². The van der Waals surface area contributed by atoms with Crippen LogP contribution < -0.4 is 10.6 Å². The Hall–Kier alpha value is -2.46. The molecule has 0 saturated heterocycles. The molecule has 51 heavy (non-hydrogen) atoms. The summed E-state index contributed by atoms with van der Waals surface area (Å²) in [5.74, 6) is 1.47. The van der Waals surface area contributed by atoms with Gasteiger partial charge in [-0.3, -0.25) is 0 Å². The molecule has 0 aliphatic carbocycles. The highest BCUT2D eigenvalue weighted by atomic mass is 16.5. The van der Waals surface area contributed by atoms with Crippen LogP contribution in [0.25, 0.3) is 0 Å². The molecule has 0 radical (unpaired) electrons. The summed E-state index contributed by atoms with van der Waals surface area (Å²) >= 11 is 0. The van der Waals surface area contributed by atoms with Crippen LogP contribution in [0, 0.1) is 11.8 Å². The third-order valence-corrected chi connectivity index (χ3v) is 9.70. The van der Waals surface area contributed by atoms with Gasteiger partial charge in [-0.15, -0.1) is 0 Å². The van der Waals surface area contributed by atoms with Gasteiger partial charge in [0.15, 0.2) is 0 Å². The molecule has 0 saturated carbocycles. The van der Waals surface area contributed by atoms with Crippen molar-refractivity contribution in [1.82, 2.24) is 0 Å². The predicted molar refractivity (Wildman–Crippen MR) is 231 cm³/mol. The van der Waals surface area contributed by atoms with Gasteiger partial charge in [0.2, 0.25) is 1.43 Å². The van der Waals surface area contributed by atoms with Gasteiger partial charge in [-0.2, -0.15) is 0 Å². The zero-order valence-electron chi connectivity index (χ0n) is 34.0. The lowest BCUT2D eigenvalue weighted by molar-refractivity contribution is 0.117. The number of rotatable bonds is 29. The minimum Gasteiger partial charge on any atom is -0.494 e. The van der Waals surface area contributed by atoms with Crippen LogP contribution in [0.5, 0.6) is 0 Å². The highest BCUT2D eigenvalue weighted by molar-refractivity contribution is 5.47. The van der Waals surface area contributed by atoms with E-state index in [9.17, 15) is 0 Å². The van der Waals surface area contributed by atoms with Crippen molar-refractivity contribution in [2.45, 2.75) is 197 Å². The van der Waals surface area contributed by atoms with Gasteiger partial charge in [-0.25, -0.2) is 0 Å². The van der Waals surface area contributed by atoms with E-state index in [2.05, 4.69) is 112 Å². The van der Waals surface area contributed by atoms with Gasteiger partial charge in [0.05, 0.1) is 18.3 Å². The summed E-state index contributed by atoms with van der Waals surface area (Å²) < 4.78 is 12.0. The highest BCUT2D eigenvalue weighted by Crippen LogP contribution is 2.22. The average molecular weight is 712 g/mol. The molecule has 0 amide bonds. The Kier molecular flexibility index (Phi) is 31.8. The molecule has 296 valence electrons. The minimum atomic E-state index is -0.0687. The monoisotopic (exact) mass is 712 g/mol. The van der Waals surface area contributed by atoms with E-state index in [0.29, 0.717) is 6.61 Å². The molecule has 4 nitrogen and oxygen atoms in total. The summed E-state index contributed by atoms with van der Waals surface area (Å²) in [6.45, 7) is 19.9. The van der Waals surface area contributed by atoms with Crippen LogP contribution in [-0.2, 0) is 17.6 Å². The predicted octanol–water partition coefficient (Wildman–Crippen LogP) is 14.4. The van der Waals surface area contributed by atoms with E-state index in [1.807, 2.05) is 0 Å². The van der Waals surface area contributed by atoms with E-state index >= 15 is 0 Å². The number of hydrogen-bond acceptors (Lipinski definition) is 4.